The summed E-state index contributed by atoms with van der Waals surface area (Å²) in [5.74, 6) is 0.583. The van der Waals surface area contributed by atoms with Crippen molar-refractivity contribution >= 4 is 0 Å². The number of halogens is 1. The van der Waals surface area contributed by atoms with Crippen LogP contribution in [0.2, 0.25) is 0 Å². The molecule has 2 aromatic carbocycles. The first-order valence-electron chi connectivity index (χ1n) is 5.98. The van der Waals surface area contributed by atoms with Crippen LogP contribution in [-0.2, 0) is 0 Å². The number of hydrogen-bond donors (Lipinski definition) is 1. The Bertz CT molecular complexity index is 496. The minimum absolute atomic E-state index is 0.226. The Morgan fingerprint density at radius 3 is 2.44 bits per heavy atom. The molecule has 2 nitrogen and oxygen atoms in total. The Morgan fingerprint density at radius 1 is 1.00 bits per heavy atom. The summed E-state index contributed by atoms with van der Waals surface area (Å²) >= 11 is 0. The van der Waals surface area contributed by atoms with E-state index in [1.54, 1.807) is 6.07 Å². The van der Waals surface area contributed by atoms with E-state index >= 15 is 0 Å². The van der Waals surface area contributed by atoms with E-state index < -0.39 is 0 Å². The summed E-state index contributed by atoms with van der Waals surface area (Å²) in [7, 11) is 0. The monoisotopic (exact) mass is 245 g/mol. The van der Waals surface area contributed by atoms with Gasteiger partial charge < -0.3 is 10.5 Å². The van der Waals surface area contributed by atoms with Gasteiger partial charge in [-0.15, -0.1) is 0 Å². The van der Waals surface area contributed by atoms with Crippen molar-refractivity contribution in [3.63, 3.8) is 0 Å². The standard InChI is InChI=1S/C15H16FNO/c16-14-4-1-3-13(11-14)12-5-7-15(8-6-12)18-10-2-9-17/h1,3-8,11H,2,9-10,17H2. The molecule has 3 heteroatoms. The lowest BCUT2D eigenvalue weighted by atomic mass is 10.1. The van der Waals surface area contributed by atoms with Gasteiger partial charge in [0.2, 0.25) is 0 Å². The highest BCUT2D eigenvalue weighted by Crippen LogP contribution is 2.22. The van der Waals surface area contributed by atoms with Crippen LogP contribution in [0.25, 0.3) is 11.1 Å². The average molecular weight is 245 g/mol. The predicted molar refractivity (Wildman–Crippen MR) is 71.0 cm³/mol. The fourth-order valence-corrected chi connectivity index (χ4v) is 1.69. The number of ether oxygens (including phenoxy) is 1. The first-order chi connectivity index (χ1) is 8.79. The molecular weight excluding hydrogens is 229 g/mol. The molecule has 18 heavy (non-hydrogen) atoms. The van der Waals surface area contributed by atoms with Gasteiger partial charge in [-0.2, -0.15) is 0 Å². The van der Waals surface area contributed by atoms with E-state index in [4.69, 9.17) is 10.5 Å². The molecule has 0 bridgehead atoms. The van der Waals surface area contributed by atoms with Gasteiger partial charge in [-0.05, 0) is 48.4 Å². The summed E-state index contributed by atoms with van der Waals surface area (Å²) in [5.41, 5.74) is 7.23. The van der Waals surface area contributed by atoms with Crippen molar-refractivity contribution in [3.8, 4) is 16.9 Å². The molecule has 0 radical (unpaired) electrons. The third-order valence-electron chi connectivity index (χ3n) is 2.63. The number of hydrogen-bond acceptors (Lipinski definition) is 2. The highest BCUT2D eigenvalue weighted by atomic mass is 19.1. The van der Waals surface area contributed by atoms with E-state index in [2.05, 4.69) is 0 Å². The van der Waals surface area contributed by atoms with E-state index in [1.165, 1.54) is 12.1 Å². The van der Waals surface area contributed by atoms with E-state index in [9.17, 15) is 4.39 Å². The molecule has 0 aliphatic carbocycles. The molecule has 0 fully saturated rings. The molecule has 0 saturated heterocycles. The largest absolute Gasteiger partial charge is 0.494 e. The van der Waals surface area contributed by atoms with Crippen molar-refractivity contribution in [3.05, 3.63) is 54.3 Å². The van der Waals surface area contributed by atoms with Gasteiger partial charge in [-0.3, -0.25) is 0 Å². The molecule has 0 aromatic heterocycles. The van der Waals surface area contributed by atoms with E-state index in [0.717, 1.165) is 23.3 Å². The molecule has 0 atom stereocenters. The van der Waals surface area contributed by atoms with Gasteiger partial charge >= 0.3 is 0 Å². The topological polar surface area (TPSA) is 35.2 Å². The smallest absolute Gasteiger partial charge is 0.123 e. The van der Waals surface area contributed by atoms with Gasteiger partial charge in [0.1, 0.15) is 11.6 Å². The summed E-state index contributed by atoms with van der Waals surface area (Å²) in [6.07, 6.45) is 0.839. The van der Waals surface area contributed by atoms with E-state index in [0.29, 0.717) is 13.2 Å². The summed E-state index contributed by atoms with van der Waals surface area (Å²) in [6, 6.07) is 14.2. The average Bonchev–Trinajstić information content (AvgIpc) is 2.40. The van der Waals surface area contributed by atoms with Crippen molar-refractivity contribution in [1.29, 1.82) is 0 Å². The zero-order valence-corrected chi connectivity index (χ0v) is 10.1. The van der Waals surface area contributed by atoms with Gasteiger partial charge in [-0.25, -0.2) is 4.39 Å². The quantitative estimate of drug-likeness (QED) is 0.821. The molecule has 0 saturated carbocycles. The SMILES string of the molecule is NCCCOc1ccc(-c2cccc(F)c2)cc1. The first-order valence-corrected chi connectivity index (χ1v) is 5.98. The molecule has 0 spiro atoms. The summed E-state index contributed by atoms with van der Waals surface area (Å²) < 4.78 is 18.6. The predicted octanol–water partition coefficient (Wildman–Crippen LogP) is 3.22. The van der Waals surface area contributed by atoms with Crippen molar-refractivity contribution in [2.45, 2.75) is 6.42 Å². The second-order valence-electron chi connectivity index (χ2n) is 4.03. The van der Waals surface area contributed by atoms with Crippen LogP contribution in [0.5, 0.6) is 5.75 Å². The minimum atomic E-state index is -0.226. The molecule has 0 heterocycles. The van der Waals surface area contributed by atoms with Crippen LogP contribution in [0.15, 0.2) is 48.5 Å². The second kappa shape index (κ2) is 6.17. The third kappa shape index (κ3) is 3.31. The van der Waals surface area contributed by atoms with Gasteiger partial charge in [0, 0.05) is 0 Å². The van der Waals surface area contributed by atoms with Gasteiger partial charge in [0.25, 0.3) is 0 Å². The lowest BCUT2D eigenvalue weighted by Crippen LogP contribution is -2.05. The molecule has 2 rings (SSSR count). The second-order valence-corrected chi connectivity index (χ2v) is 4.03. The first kappa shape index (κ1) is 12.6. The Kier molecular flexibility index (Phi) is 4.31. The van der Waals surface area contributed by atoms with Crippen LogP contribution in [0.1, 0.15) is 6.42 Å². The summed E-state index contributed by atoms with van der Waals surface area (Å²) in [4.78, 5) is 0. The van der Waals surface area contributed by atoms with Crippen LogP contribution in [0.3, 0.4) is 0 Å². The van der Waals surface area contributed by atoms with Crippen LogP contribution >= 0.6 is 0 Å². The van der Waals surface area contributed by atoms with Crippen molar-refractivity contribution in [2.24, 2.45) is 5.73 Å². The van der Waals surface area contributed by atoms with Crippen LogP contribution in [-0.4, -0.2) is 13.2 Å². The van der Waals surface area contributed by atoms with Crippen LogP contribution < -0.4 is 10.5 Å². The Labute approximate surface area is 106 Å². The summed E-state index contributed by atoms with van der Waals surface area (Å²) in [6.45, 7) is 1.25. The Balaban J connectivity index is 2.07. The highest BCUT2D eigenvalue weighted by Gasteiger charge is 2.00. The number of rotatable bonds is 5. The molecule has 2 aromatic rings. The van der Waals surface area contributed by atoms with Crippen molar-refractivity contribution in [1.82, 2.24) is 0 Å². The third-order valence-corrected chi connectivity index (χ3v) is 2.63. The van der Waals surface area contributed by atoms with Crippen LogP contribution in [0, 0.1) is 5.82 Å². The minimum Gasteiger partial charge on any atom is -0.494 e. The maximum Gasteiger partial charge on any atom is 0.123 e. The van der Waals surface area contributed by atoms with Gasteiger partial charge in [-0.1, -0.05) is 24.3 Å². The molecule has 0 unspecified atom stereocenters. The highest BCUT2D eigenvalue weighted by molar-refractivity contribution is 5.64. The number of benzene rings is 2. The van der Waals surface area contributed by atoms with Gasteiger partial charge in [0.05, 0.1) is 6.61 Å². The Morgan fingerprint density at radius 2 is 1.78 bits per heavy atom. The molecule has 0 aliphatic heterocycles. The summed E-state index contributed by atoms with van der Waals surface area (Å²) in [5, 5.41) is 0. The van der Waals surface area contributed by atoms with E-state index in [-0.39, 0.29) is 5.82 Å². The van der Waals surface area contributed by atoms with E-state index in [1.807, 2.05) is 30.3 Å². The zero-order chi connectivity index (χ0) is 12.8. The molecular formula is C15H16FNO. The van der Waals surface area contributed by atoms with Crippen molar-refractivity contribution < 1.29 is 9.13 Å². The number of nitrogens with two attached hydrogens (primary N) is 1. The van der Waals surface area contributed by atoms with Crippen LogP contribution in [0.4, 0.5) is 4.39 Å². The fraction of sp³-hybridized carbons (Fsp3) is 0.200. The molecule has 94 valence electrons. The lowest BCUT2D eigenvalue weighted by molar-refractivity contribution is 0.313. The fourth-order valence-electron chi connectivity index (χ4n) is 1.69. The maximum atomic E-state index is 13.1. The lowest BCUT2D eigenvalue weighted by Gasteiger charge is -2.06. The zero-order valence-electron chi connectivity index (χ0n) is 10.1. The molecule has 2 N–H and O–H groups in total. The molecule has 0 aliphatic rings. The normalized spacial score (nSPS) is 10.3. The van der Waals surface area contributed by atoms with Crippen molar-refractivity contribution in [2.75, 3.05) is 13.2 Å². The Hall–Kier alpha value is -1.87. The molecule has 0 amide bonds. The van der Waals surface area contributed by atoms with Gasteiger partial charge in [0.15, 0.2) is 0 Å². The maximum absolute atomic E-state index is 13.1.